The summed E-state index contributed by atoms with van der Waals surface area (Å²) in [6.07, 6.45) is 15.0. The number of imidazole rings is 1. The second kappa shape index (κ2) is 36.9. The number of fused-ring (bicyclic) bond motifs is 1. The number of nitrogens with one attached hydrogen (secondary N) is 9. The monoisotopic (exact) mass is 1490 g/mol. The van der Waals surface area contributed by atoms with Crippen molar-refractivity contribution in [1.82, 2.24) is 80.7 Å². The molecule has 0 aliphatic rings. The maximum absolute atomic E-state index is 12.8. The average Bonchev–Trinajstić information content (AvgIpc) is 1.50. The molecule has 0 bridgehead atoms. The molecule has 102 heavy (non-hydrogen) atoms. The summed E-state index contributed by atoms with van der Waals surface area (Å²) >= 11 is 0. The van der Waals surface area contributed by atoms with E-state index in [9.17, 15) is 39.6 Å². The second-order valence-electron chi connectivity index (χ2n) is 20.9. The fourth-order valence-corrected chi connectivity index (χ4v) is 11.1. The Hall–Kier alpha value is -11.7. The van der Waals surface area contributed by atoms with Crippen molar-refractivity contribution in [1.29, 1.82) is 0 Å². The predicted molar refractivity (Wildman–Crippen MR) is 384 cm³/mol. The van der Waals surface area contributed by atoms with Crippen LogP contribution < -0.4 is 37.2 Å². The maximum atomic E-state index is 12.8. The largest absolute Gasteiger partial charge is 0.394 e. The standard InChI is InChI=1S/C20H22N6O4S.C15H14N4O2S.C13H14N6O.C8H8N4.C7H7ClO2S.CH4.H2O4S/c1-3-21-20(28)23-19(27)13-26-11-9-15(17-8-10-22-24-17)12-18(26)25-31(29,30)16-6-4-14(2)5-7-16;1-11-2-4-13(5-3-11)22(20,21)19-15-10-12(6-8-16-15)14-7-9-17-18-14;1-2-14-13(20)17-11-8-19-6-4-9(7-12(19)16-11)10-3-5-15-18-10;9-8-5-6(1-3-10-8)7-2-4-11-12-7;1-6-2-4-7(5-3-6)11(8,9)10;;1-5(2,3)4/h4-12H,3,13H2,1-2H3,(H,22,24)(H2,21,23,27,28);2-10H,1H3,(H,16,19)(H,17,18);3-8H,2H2,1H3,(H,15,18)(H2,14,17,20);1-5H,(H2,9,10)(H,11,12);2-5H,1H3;1H4;(H2,1,2,3,4). The summed E-state index contributed by atoms with van der Waals surface area (Å²) < 4.78 is 113. The number of carbonyl (C=O) groups excluding carboxylic acids is 3. The third kappa shape index (κ3) is 25.5. The Morgan fingerprint density at radius 3 is 1.45 bits per heavy atom. The summed E-state index contributed by atoms with van der Waals surface area (Å²) in [7, 11) is -10.8. The van der Waals surface area contributed by atoms with Crippen LogP contribution in [0, 0.1) is 20.8 Å². The van der Waals surface area contributed by atoms with Crippen LogP contribution in [-0.4, -0.2) is 139 Å². The van der Waals surface area contributed by atoms with Crippen molar-refractivity contribution in [3.05, 3.63) is 224 Å². The quantitative estimate of drug-likeness (QED) is 0.0337. The van der Waals surface area contributed by atoms with Crippen molar-refractivity contribution < 1.29 is 57.2 Å². The summed E-state index contributed by atoms with van der Waals surface area (Å²) in [6.45, 7) is 9.85. The molecule has 0 atom stereocenters. The zero-order valence-corrected chi connectivity index (χ0v) is 58.1. The zero-order chi connectivity index (χ0) is 73.3. The van der Waals surface area contributed by atoms with Crippen LogP contribution in [0.15, 0.2) is 220 Å². The van der Waals surface area contributed by atoms with E-state index < -0.39 is 51.4 Å². The molecule has 5 amide bonds. The Morgan fingerprint density at radius 2 is 0.980 bits per heavy atom. The number of aromatic amines is 4. The number of benzene rings is 3. The second-order valence-corrected chi connectivity index (χ2v) is 27.6. The van der Waals surface area contributed by atoms with E-state index in [1.807, 2.05) is 68.6 Å². The van der Waals surface area contributed by atoms with Gasteiger partial charge >= 0.3 is 22.5 Å². The van der Waals surface area contributed by atoms with Gasteiger partial charge in [0.15, 0.2) is 5.82 Å². The third-order valence-electron chi connectivity index (χ3n) is 13.1. The first-order valence-electron chi connectivity index (χ1n) is 29.6. The van der Waals surface area contributed by atoms with Gasteiger partial charge in [0.2, 0.25) is 5.91 Å². The lowest BCUT2D eigenvalue weighted by Gasteiger charge is -2.10. The number of imide groups is 1. The molecule has 0 unspecified atom stereocenters. The summed E-state index contributed by atoms with van der Waals surface area (Å²) in [5, 5.41) is 36.9. The normalized spacial score (nSPS) is 11.1. The molecule has 12 aromatic rings. The van der Waals surface area contributed by atoms with Crippen LogP contribution in [-0.2, 0) is 50.8 Å². The molecule has 0 fully saturated rings. The number of rotatable bonds is 15. The van der Waals surface area contributed by atoms with E-state index in [2.05, 4.69) is 86.1 Å². The highest BCUT2D eigenvalue weighted by Gasteiger charge is 2.18. The van der Waals surface area contributed by atoms with Gasteiger partial charge in [0.1, 0.15) is 29.3 Å². The molecule has 12 rings (SSSR count). The van der Waals surface area contributed by atoms with Crippen molar-refractivity contribution in [2.24, 2.45) is 4.40 Å². The lowest BCUT2D eigenvalue weighted by Crippen LogP contribution is -2.42. The number of hydrogen-bond acceptors (Lipinski definition) is 19. The first-order chi connectivity index (χ1) is 47.9. The number of pyridine rings is 4. The van der Waals surface area contributed by atoms with Crippen LogP contribution in [0.4, 0.5) is 27.0 Å². The molecular weight excluding hydrogens is 1420 g/mol. The number of anilines is 3. The van der Waals surface area contributed by atoms with Gasteiger partial charge in [-0.2, -0.15) is 37.2 Å². The van der Waals surface area contributed by atoms with Gasteiger partial charge in [-0.1, -0.05) is 60.5 Å². The van der Waals surface area contributed by atoms with Crippen molar-refractivity contribution >= 4 is 91.2 Å². The first-order valence-corrected chi connectivity index (χ1v) is 36.2. The maximum Gasteiger partial charge on any atom is 0.394 e. The number of halogens is 1. The van der Waals surface area contributed by atoms with Crippen LogP contribution in [0.25, 0.3) is 50.7 Å². The van der Waals surface area contributed by atoms with Gasteiger partial charge in [0.25, 0.3) is 29.1 Å². The number of nitrogen functional groups attached to an aromatic ring is 1. The van der Waals surface area contributed by atoms with Crippen LogP contribution >= 0.6 is 10.7 Å². The number of carbonyl (C=O) groups is 3. The van der Waals surface area contributed by atoms with Gasteiger partial charge < -0.3 is 25.3 Å². The number of sulfonamides is 2. The van der Waals surface area contributed by atoms with Crippen LogP contribution in [0.2, 0.25) is 0 Å². The number of aryl methyl sites for hydroxylation is 3. The molecule has 0 saturated carbocycles. The fourth-order valence-electron chi connectivity index (χ4n) is 8.39. The smallest absolute Gasteiger partial charge is 0.384 e. The zero-order valence-electron chi connectivity index (χ0n) is 54.1. The van der Waals surface area contributed by atoms with Crippen molar-refractivity contribution in [3.63, 3.8) is 0 Å². The van der Waals surface area contributed by atoms with Crippen LogP contribution in [0.3, 0.4) is 0 Å². The molecule has 0 radical (unpaired) electrons. The molecule has 9 aromatic heterocycles. The van der Waals surface area contributed by atoms with Gasteiger partial charge in [-0.15, -0.1) is 4.40 Å². The molecule has 3 aromatic carbocycles. The summed E-state index contributed by atoms with van der Waals surface area (Å²) in [5.74, 6) is 0.668. The molecule has 536 valence electrons. The Morgan fingerprint density at radius 1 is 0.539 bits per heavy atom. The van der Waals surface area contributed by atoms with Gasteiger partial charge in [0, 0.05) is 95.6 Å². The molecule has 0 aliphatic heterocycles. The molecular formula is C64H71ClN20O13S4. The Balaban J connectivity index is 0.000000205. The summed E-state index contributed by atoms with van der Waals surface area (Å²) in [6, 6.07) is 39.9. The average molecular weight is 1490 g/mol. The molecule has 0 aliphatic carbocycles. The molecule has 0 spiro atoms. The van der Waals surface area contributed by atoms with E-state index in [-0.39, 0.29) is 46.0 Å². The minimum absolute atomic E-state index is 0. The highest BCUT2D eigenvalue weighted by Crippen LogP contribution is 2.24. The predicted octanol–water partition coefficient (Wildman–Crippen LogP) is 8.73. The molecule has 13 N–H and O–H groups in total. The minimum Gasteiger partial charge on any atom is -0.384 e. The minimum atomic E-state index is -4.67. The van der Waals surface area contributed by atoms with Gasteiger partial charge in [0.05, 0.1) is 43.7 Å². The Labute approximate surface area is 590 Å². The van der Waals surface area contributed by atoms with Crippen LogP contribution in [0.1, 0.15) is 38.0 Å². The van der Waals surface area contributed by atoms with Crippen LogP contribution in [0.5, 0.6) is 0 Å². The van der Waals surface area contributed by atoms with Crippen molar-refractivity contribution in [2.75, 3.05) is 28.9 Å². The lowest BCUT2D eigenvalue weighted by molar-refractivity contribution is -0.120. The van der Waals surface area contributed by atoms with Gasteiger partial charge in [-0.3, -0.25) is 49.7 Å². The van der Waals surface area contributed by atoms with E-state index >= 15 is 0 Å². The number of aromatic nitrogens is 13. The van der Waals surface area contributed by atoms with E-state index in [1.54, 1.807) is 135 Å². The summed E-state index contributed by atoms with van der Waals surface area (Å²) in [5.41, 5.74) is 16.0. The highest BCUT2D eigenvalue weighted by molar-refractivity contribution is 8.13. The lowest BCUT2D eigenvalue weighted by atomic mass is 10.2. The fraction of sp³-hybridized carbons (Fsp3) is 0.141. The van der Waals surface area contributed by atoms with Gasteiger partial charge in [-0.05, 0) is 144 Å². The van der Waals surface area contributed by atoms with Crippen molar-refractivity contribution in [3.8, 4) is 45.0 Å². The number of urea groups is 2. The number of H-pyrrole nitrogens is 4. The SMILES string of the molecule is C.CCNC(=O)NC(=O)Cn1ccc(-c2ccn[nH]2)cc1=NS(=O)(=O)c1ccc(C)cc1.CCNC(=O)Nc1cn2ccc(-c3ccn[nH]3)cc2n1.Cc1ccc(S(=O)(=O)Cl)cc1.Cc1ccc(S(=O)(=O)Nc2cc(-c3ccn[nH]3)ccn2)cc1.Nc1cc(-c2ccn[nH]2)ccn1.O=S(=O)(O)O. The number of amides is 5. The number of nitrogens with zero attached hydrogens (tertiary/aromatic N) is 10. The first kappa shape index (κ1) is 79.2. The van der Waals surface area contributed by atoms with E-state index in [0.29, 0.717) is 36.0 Å². The van der Waals surface area contributed by atoms with E-state index in [1.165, 1.54) is 41.1 Å². The topological polar surface area (TPSA) is 489 Å². The molecule has 33 nitrogen and oxygen atoms in total. The molecule has 0 saturated heterocycles. The van der Waals surface area contributed by atoms with E-state index in [4.69, 9.17) is 33.9 Å². The summed E-state index contributed by atoms with van der Waals surface area (Å²) in [4.78, 5) is 48.0. The van der Waals surface area contributed by atoms with Gasteiger partial charge in [-0.25, -0.2) is 41.4 Å². The van der Waals surface area contributed by atoms with Crippen molar-refractivity contribution in [2.45, 2.75) is 63.3 Å². The highest BCUT2D eigenvalue weighted by atomic mass is 35.7. The number of hydrogen-bond donors (Lipinski definition) is 12. The third-order valence-corrected chi connectivity index (χ3v) is 17.2. The number of nitrogens with two attached hydrogens (primary N) is 1. The molecule has 9 heterocycles. The Bertz CT molecular complexity index is 5240. The molecule has 38 heteroatoms. The van der Waals surface area contributed by atoms with E-state index in [0.717, 1.165) is 56.1 Å². The Kier molecular flexibility index (Phi) is 28.7.